The molecule has 21 heavy (non-hydrogen) atoms. The quantitative estimate of drug-likeness (QED) is 0.811. The fourth-order valence-electron chi connectivity index (χ4n) is 2.30. The van der Waals surface area contributed by atoms with E-state index in [1.807, 2.05) is 0 Å². The van der Waals surface area contributed by atoms with E-state index in [4.69, 9.17) is 21.9 Å². The van der Waals surface area contributed by atoms with E-state index in [9.17, 15) is 0 Å². The molecular formula is C16H18N2OS2. The lowest BCUT2D eigenvalue weighted by atomic mass is 10.1. The Bertz CT molecular complexity index is 615. The van der Waals surface area contributed by atoms with Gasteiger partial charge in [0.2, 0.25) is 0 Å². The second kappa shape index (κ2) is 6.64. The van der Waals surface area contributed by atoms with Gasteiger partial charge in [-0.15, -0.1) is 11.3 Å². The van der Waals surface area contributed by atoms with Crippen LogP contribution in [0.5, 0.6) is 0 Å². The molecule has 1 aliphatic heterocycles. The summed E-state index contributed by atoms with van der Waals surface area (Å²) in [6, 6.07) is 8.47. The van der Waals surface area contributed by atoms with Gasteiger partial charge in [-0.2, -0.15) is 0 Å². The summed E-state index contributed by atoms with van der Waals surface area (Å²) in [6.45, 7) is 5.43. The molecule has 0 spiro atoms. The summed E-state index contributed by atoms with van der Waals surface area (Å²) in [6.07, 6.45) is 0.756. The molecule has 1 aromatic heterocycles. The second-order valence-electron chi connectivity index (χ2n) is 5.16. The summed E-state index contributed by atoms with van der Waals surface area (Å²) in [5.41, 5.74) is 3.47. The SMILES string of the molecule is Cc1ccc(-c2csc(CC(=S)N3CCOCC3)n2)cc1. The number of thiazole rings is 1. The summed E-state index contributed by atoms with van der Waals surface area (Å²) in [5, 5.41) is 3.20. The standard InChI is InChI=1S/C16H18N2OS2/c1-12-2-4-13(5-3-12)14-11-21-15(17-14)10-16(20)18-6-8-19-9-7-18/h2-5,11H,6-10H2,1H3. The van der Waals surface area contributed by atoms with Crippen molar-refractivity contribution in [2.24, 2.45) is 0 Å². The molecule has 3 nitrogen and oxygen atoms in total. The molecule has 0 bridgehead atoms. The highest BCUT2D eigenvalue weighted by molar-refractivity contribution is 7.80. The van der Waals surface area contributed by atoms with E-state index >= 15 is 0 Å². The van der Waals surface area contributed by atoms with E-state index < -0.39 is 0 Å². The lowest BCUT2D eigenvalue weighted by Crippen LogP contribution is -2.40. The van der Waals surface area contributed by atoms with Crippen LogP contribution in [0.2, 0.25) is 0 Å². The molecule has 2 aromatic rings. The van der Waals surface area contributed by atoms with Crippen LogP contribution in [0.1, 0.15) is 10.6 Å². The van der Waals surface area contributed by atoms with Crippen LogP contribution >= 0.6 is 23.6 Å². The number of thiocarbonyl (C=S) groups is 1. The first-order valence-corrected chi connectivity index (χ1v) is 8.38. The Balaban J connectivity index is 1.67. The average molecular weight is 318 g/mol. The summed E-state index contributed by atoms with van der Waals surface area (Å²) in [5.74, 6) is 0. The van der Waals surface area contributed by atoms with Gasteiger partial charge in [0.25, 0.3) is 0 Å². The van der Waals surface area contributed by atoms with E-state index in [1.165, 1.54) is 11.1 Å². The summed E-state index contributed by atoms with van der Waals surface area (Å²) in [4.78, 5) is 7.92. The normalized spacial score (nSPS) is 15.2. The Hall–Kier alpha value is -1.30. The van der Waals surface area contributed by atoms with Gasteiger partial charge in [-0.1, -0.05) is 42.0 Å². The molecule has 0 aliphatic carbocycles. The number of hydrogen-bond donors (Lipinski definition) is 0. The van der Waals surface area contributed by atoms with Crippen LogP contribution in [0.15, 0.2) is 29.6 Å². The fourth-order valence-corrected chi connectivity index (χ4v) is 3.52. The minimum atomic E-state index is 0.756. The molecule has 110 valence electrons. The molecular weight excluding hydrogens is 300 g/mol. The number of ether oxygens (including phenoxy) is 1. The van der Waals surface area contributed by atoms with Crippen LogP contribution < -0.4 is 0 Å². The van der Waals surface area contributed by atoms with Crippen molar-refractivity contribution in [1.29, 1.82) is 0 Å². The van der Waals surface area contributed by atoms with Gasteiger partial charge in [-0.05, 0) is 6.92 Å². The van der Waals surface area contributed by atoms with Gasteiger partial charge in [-0.3, -0.25) is 0 Å². The lowest BCUT2D eigenvalue weighted by molar-refractivity contribution is 0.0684. The van der Waals surface area contributed by atoms with Crippen molar-refractivity contribution in [3.63, 3.8) is 0 Å². The average Bonchev–Trinajstić information content (AvgIpc) is 2.97. The molecule has 1 aromatic carbocycles. The third-order valence-corrected chi connectivity index (χ3v) is 4.82. The fraction of sp³-hybridized carbons (Fsp3) is 0.375. The Morgan fingerprint density at radius 1 is 1.29 bits per heavy atom. The van der Waals surface area contributed by atoms with Crippen LogP contribution in [0.3, 0.4) is 0 Å². The zero-order chi connectivity index (χ0) is 14.7. The second-order valence-corrected chi connectivity index (χ2v) is 6.58. The Morgan fingerprint density at radius 2 is 2.00 bits per heavy atom. The van der Waals surface area contributed by atoms with Gasteiger partial charge >= 0.3 is 0 Å². The van der Waals surface area contributed by atoms with Crippen molar-refractivity contribution in [3.05, 3.63) is 40.2 Å². The minimum Gasteiger partial charge on any atom is -0.378 e. The molecule has 0 amide bonds. The van der Waals surface area contributed by atoms with Crippen LogP contribution in [0.4, 0.5) is 0 Å². The first kappa shape index (κ1) is 14.6. The molecule has 2 heterocycles. The predicted octanol–water partition coefficient (Wildman–Crippen LogP) is 3.32. The highest BCUT2D eigenvalue weighted by Gasteiger charge is 2.15. The Labute approximate surface area is 134 Å². The van der Waals surface area contributed by atoms with Crippen molar-refractivity contribution in [2.75, 3.05) is 26.3 Å². The highest BCUT2D eigenvalue weighted by atomic mass is 32.1. The van der Waals surface area contributed by atoms with E-state index in [0.29, 0.717) is 0 Å². The van der Waals surface area contributed by atoms with Gasteiger partial charge in [0.05, 0.1) is 35.3 Å². The molecule has 0 N–H and O–H groups in total. The van der Waals surface area contributed by atoms with Crippen LogP contribution in [0, 0.1) is 6.92 Å². The minimum absolute atomic E-state index is 0.756. The number of hydrogen-bond acceptors (Lipinski definition) is 4. The molecule has 1 saturated heterocycles. The van der Waals surface area contributed by atoms with Crippen LogP contribution in [-0.4, -0.2) is 41.2 Å². The van der Waals surface area contributed by atoms with E-state index in [0.717, 1.165) is 48.4 Å². The number of morpholine rings is 1. The van der Waals surface area contributed by atoms with Crippen molar-refractivity contribution >= 4 is 28.5 Å². The maximum Gasteiger partial charge on any atom is 0.1000 e. The summed E-state index contributed by atoms with van der Waals surface area (Å²) < 4.78 is 5.36. The van der Waals surface area contributed by atoms with Gasteiger partial charge in [-0.25, -0.2) is 4.98 Å². The van der Waals surface area contributed by atoms with Gasteiger partial charge in [0, 0.05) is 24.0 Å². The number of rotatable bonds is 3. The molecule has 0 saturated carbocycles. The molecule has 5 heteroatoms. The number of benzene rings is 1. The topological polar surface area (TPSA) is 25.4 Å². The zero-order valence-corrected chi connectivity index (χ0v) is 13.7. The number of aryl methyl sites for hydroxylation is 1. The van der Waals surface area contributed by atoms with E-state index in [-0.39, 0.29) is 0 Å². The molecule has 1 fully saturated rings. The van der Waals surface area contributed by atoms with Gasteiger partial charge in [0.1, 0.15) is 0 Å². The third-order valence-electron chi connectivity index (χ3n) is 3.57. The molecule has 0 atom stereocenters. The first-order valence-electron chi connectivity index (χ1n) is 7.09. The van der Waals surface area contributed by atoms with Crippen LogP contribution in [0.25, 0.3) is 11.3 Å². The number of nitrogens with zero attached hydrogens (tertiary/aromatic N) is 2. The zero-order valence-electron chi connectivity index (χ0n) is 12.0. The predicted molar refractivity (Wildman–Crippen MR) is 91.0 cm³/mol. The lowest BCUT2D eigenvalue weighted by Gasteiger charge is -2.28. The summed E-state index contributed by atoms with van der Waals surface area (Å²) in [7, 11) is 0. The largest absolute Gasteiger partial charge is 0.378 e. The molecule has 0 radical (unpaired) electrons. The van der Waals surface area contributed by atoms with Gasteiger partial charge in [0.15, 0.2) is 0 Å². The van der Waals surface area contributed by atoms with Crippen molar-refractivity contribution < 1.29 is 4.74 Å². The monoisotopic (exact) mass is 318 g/mol. The molecule has 3 rings (SSSR count). The van der Waals surface area contributed by atoms with Crippen LogP contribution in [-0.2, 0) is 11.2 Å². The maximum absolute atomic E-state index is 5.54. The van der Waals surface area contributed by atoms with Crippen molar-refractivity contribution in [3.8, 4) is 11.3 Å². The molecule has 0 unspecified atom stereocenters. The van der Waals surface area contributed by atoms with E-state index in [1.54, 1.807) is 11.3 Å². The highest BCUT2D eigenvalue weighted by Crippen LogP contribution is 2.23. The number of aromatic nitrogens is 1. The van der Waals surface area contributed by atoms with Crippen molar-refractivity contribution in [1.82, 2.24) is 9.88 Å². The third kappa shape index (κ3) is 3.67. The first-order chi connectivity index (χ1) is 10.2. The smallest absolute Gasteiger partial charge is 0.1000 e. The van der Waals surface area contributed by atoms with E-state index in [2.05, 4.69) is 41.5 Å². The van der Waals surface area contributed by atoms with Gasteiger partial charge < -0.3 is 9.64 Å². The molecule has 1 aliphatic rings. The Morgan fingerprint density at radius 3 is 2.71 bits per heavy atom. The van der Waals surface area contributed by atoms with Crippen molar-refractivity contribution in [2.45, 2.75) is 13.3 Å². The Kier molecular flexibility index (Phi) is 4.63. The maximum atomic E-state index is 5.54. The summed E-state index contributed by atoms with van der Waals surface area (Å²) >= 11 is 7.22.